The van der Waals surface area contributed by atoms with Crippen molar-refractivity contribution in [1.82, 2.24) is 14.5 Å². The molecule has 0 aliphatic heterocycles. The van der Waals surface area contributed by atoms with E-state index in [0.29, 0.717) is 23.2 Å². The number of hydrogen-bond donors (Lipinski definition) is 1. The first-order chi connectivity index (χ1) is 21.2. The van der Waals surface area contributed by atoms with Crippen LogP contribution in [0.15, 0.2) is 102 Å². The number of carbonyl (C=O) groups excluding carboxylic acids is 1. The third kappa shape index (κ3) is 6.80. The van der Waals surface area contributed by atoms with Crippen molar-refractivity contribution in [2.45, 2.75) is 31.9 Å². The van der Waals surface area contributed by atoms with Crippen LogP contribution in [0.3, 0.4) is 0 Å². The van der Waals surface area contributed by atoms with Gasteiger partial charge in [-0.2, -0.15) is 26.3 Å². The minimum atomic E-state index is -5.11. The fourth-order valence-electron chi connectivity index (χ4n) is 4.82. The van der Waals surface area contributed by atoms with Gasteiger partial charge in [-0.05, 0) is 55.0 Å². The third-order valence-corrected chi connectivity index (χ3v) is 7.35. The fraction of sp³-hybridized carbons (Fsp3) is 0.156. The highest BCUT2D eigenvalue weighted by molar-refractivity contribution is 6.32. The lowest BCUT2D eigenvalue weighted by Gasteiger charge is -2.31. The number of amides is 2. The number of carbonyl (C=O) groups is 1. The van der Waals surface area contributed by atoms with E-state index in [1.807, 2.05) is 0 Å². The van der Waals surface area contributed by atoms with Gasteiger partial charge in [-0.1, -0.05) is 66.2 Å². The quantitative estimate of drug-likeness (QED) is 0.188. The number of nitrogens with zero attached hydrogens (tertiary/aromatic N) is 3. The second-order valence-electron chi connectivity index (χ2n) is 10.1. The zero-order valence-corrected chi connectivity index (χ0v) is 24.1. The van der Waals surface area contributed by atoms with Crippen molar-refractivity contribution < 1.29 is 31.1 Å². The van der Waals surface area contributed by atoms with Gasteiger partial charge in [-0.3, -0.25) is 9.36 Å². The second kappa shape index (κ2) is 12.3. The van der Waals surface area contributed by atoms with Gasteiger partial charge in [0, 0.05) is 12.2 Å². The summed E-state index contributed by atoms with van der Waals surface area (Å²) in [6.07, 6.45) is -10.2. The van der Waals surface area contributed by atoms with Crippen LogP contribution in [0.4, 0.5) is 36.8 Å². The maximum Gasteiger partial charge on any atom is 0.416 e. The van der Waals surface area contributed by atoms with E-state index >= 15 is 0 Å². The van der Waals surface area contributed by atoms with Crippen molar-refractivity contribution in [1.29, 1.82) is 0 Å². The average molecular weight is 645 g/mol. The first-order valence-corrected chi connectivity index (χ1v) is 13.8. The smallest absolute Gasteiger partial charge is 0.310 e. The van der Waals surface area contributed by atoms with Gasteiger partial charge in [-0.15, -0.1) is 0 Å². The van der Waals surface area contributed by atoms with Crippen molar-refractivity contribution >= 4 is 34.2 Å². The molecule has 232 valence electrons. The highest BCUT2D eigenvalue weighted by atomic mass is 35.5. The van der Waals surface area contributed by atoms with Crippen molar-refractivity contribution in [3.05, 3.63) is 135 Å². The molecule has 0 saturated carbocycles. The Balaban J connectivity index is 1.65. The summed E-state index contributed by atoms with van der Waals surface area (Å²) in [7, 11) is 0. The van der Waals surface area contributed by atoms with Crippen LogP contribution in [0.5, 0.6) is 0 Å². The van der Waals surface area contributed by atoms with Crippen molar-refractivity contribution in [2.24, 2.45) is 0 Å². The minimum absolute atomic E-state index is 0.0265. The molecule has 0 aliphatic rings. The van der Waals surface area contributed by atoms with E-state index in [9.17, 15) is 35.9 Å². The highest BCUT2D eigenvalue weighted by Crippen LogP contribution is 2.38. The maximum absolute atomic E-state index is 13.8. The van der Waals surface area contributed by atoms with E-state index < -0.39 is 46.8 Å². The molecule has 1 aromatic heterocycles. The molecule has 1 unspecified atom stereocenters. The molecule has 0 aliphatic carbocycles. The molecule has 2 amide bonds. The predicted octanol–water partition coefficient (Wildman–Crippen LogP) is 8.87. The van der Waals surface area contributed by atoms with E-state index in [4.69, 9.17) is 11.6 Å². The second-order valence-corrected chi connectivity index (χ2v) is 10.5. The number of rotatable bonds is 6. The van der Waals surface area contributed by atoms with Gasteiger partial charge in [0.2, 0.25) is 0 Å². The summed E-state index contributed by atoms with van der Waals surface area (Å²) in [5, 5.41) is 2.67. The summed E-state index contributed by atoms with van der Waals surface area (Å²) in [6, 6.07) is 20.2. The van der Waals surface area contributed by atoms with Crippen LogP contribution < -0.4 is 10.9 Å². The molecular formula is C32H23ClF6N4O2. The number of para-hydroxylation sites is 2. The van der Waals surface area contributed by atoms with E-state index in [1.54, 1.807) is 85.8 Å². The molecule has 45 heavy (non-hydrogen) atoms. The van der Waals surface area contributed by atoms with Gasteiger partial charge >= 0.3 is 18.4 Å². The molecule has 0 saturated heterocycles. The number of urea groups is 1. The Morgan fingerprint density at radius 2 is 1.44 bits per heavy atom. The molecule has 1 heterocycles. The summed E-state index contributed by atoms with van der Waals surface area (Å²) in [4.78, 5) is 33.5. The lowest BCUT2D eigenvalue weighted by Crippen LogP contribution is -2.39. The minimum Gasteiger partial charge on any atom is -0.310 e. The van der Waals surface area contributed by atoms with Gasteiger partial charge in [0.25, 0.3) is 5.56 Å². The number of hydrogen-bond acceptors (Lipinski definition) is 3. The number of anilines is 1. The van der Waals surface area contributed by atoms with E-state index in [1.165, 1.54) is 4.57 Å². The van der Waals surface area contributed by atoms with E-state index in [0.717, 1.165) is 4.90 Å². The van der Waals surface area contributed by atoms with Gasteiger partial charge < -0.3 is 10.2 Å². The average Bonchev–Trinajstić information content (AvgIpc) is 2.99. The number of halogens is 7. The number of aromatic nitrogens is 2. The molecule has 0 bridgehead atoms. The first kappa shape index (κ1) is 31.6. The molecule has 5 aromatic rings. The van der Waals surface area contributed by atoms with E-state index in [-0.39, 0.29) is 34.5 Å². The van der Waals surface area contributed by atoms with Gasteiger partial charge in [0.15, 0.2) is 0 Å². The third-order valence-electron chi connectivity index (χ3n) is 7.03. The maximum atomic E-state index is 13.8. The first-order valence-electron chi connectivity index (χ1n) is 13.4. The molecule has 0 spiro atoms. The number of fused-ring (bicyclic) bond motifs is 1. The largest absolute Gasteiger partial charge is 0.416 e. The molecule has 4 aromatic carbocycles. The van der Waals surface area contributed by atoms with Crippen LogP contribution in [0, 0.1) is 0 Å². The van der Waals surface area contributed by atoms with Crippen LogP contribution in [-0.2, 0) is 18.9 Å². The standard InChI is InChI=1S/C32H23ClF6N4O2/c1-19(28-41-26-13-7-5-11-24(26)29(44)43(28)27-14-8-6-12-25(27)33)42(18-20-9-3-2-4-10-20)30(45)40-23-16-21(31(34,35)36)15-22(17-23)32(37,38)39/h2-17,19H,18H2,1H3,(H,40,45). The molecule has 1 N–H and O–H groups in total. The fourth-order valence-corrected chi connectivity index (χ4v) is 5.04. The number of nitrogens with one attached hydrogen (secondary N) is 1. The van der Waals surface area contributed by atoms with Crippen molar-refractivity contribution in [2.75, 3.05) is 5.32 Å². The van der Waals surface area contributed by atoms with Crippen LogP contribution >= 0.6 is 11.6 Å². The number of alkyl halides is 6. The topological polar surface area (TPSA) is 67.2 Å². The Hall–Kier alpha value is -4.84. The molecule has 5 rings (SSSR count). The number of benzene rings is 4. The lowest BCUT2D eigenvalue weighted by atomic mass is 10.1. The zero-order valence-electron chi connectivity index (χ0n) is 23.3. The van der Waals surface area contributed by atoms with Gasteiger partial charge in [0.05, 0.1) is 38.8 Å². The van der Waals surface area contributed by atoms with E-state index in [2.05, 4.69) is 10.3 Å². The summed E-state index contributed by atoms with van der Waals surface area (Å²) < 4.78 is 82.4. The normalized spacial score (nSPS) is 12.6. The highest BCUT2D eigenvalue weighted by Gasteiger charge is 2.37. The van der Waals surface area contributed by atoms with Crippen LogP contribution in [0.25, 0.3) is 16.6 Å². The summed E-state index contributed by atoms with van der Waals surface area (Å²) in [5.41, 5.74) is -3.23. The summed E-state index contributed by atoms with van der Waals surface area (Å²) in [6.45, 7) is 1.39. The van der Waals surface area contributed by atoms with Crippen molar-refractivity contribution in [3.8, 4) is 5.69 Å². The van der Waals surface area contributed by atoms with Crippen LogP contribution in [0.2, 0.25) is 5.02 Å². The summed E-state index contributed by atoms with van der Waals surface area (Å²) in [5.74, 6) is 0.0536. The Morgan fingerprint density at radius 3 is 2.07 bits per heavy atom. The Bertz CT molecular complexity index is 1890. The Morgan fingerprint density at radius 1 is 0.867 bits per heavy atom. The molecule has 6 nitrogen and oxygen atoms in total. The van der Waals surface area contributed by atoms with Crippen molar-refractivity contribution in [3.63, 3.8) is 0 Å². The monoisotopic (exact) mass is 644 g/mol. The Kier molecular flexibility index (Phi) is 8.61. The SMILES string of the molecule is CC(c1nc2ccccc2c(=O)n1-c1ccccc1Cl)N(Cc1ccccc1)C(=O)Nc1cc(C(F)(F)F)cc(C(F)(F)F)c1. The molecule has 0 fully saturated rings. The van der Waals surface area contributed by atoms with Gasteiger partial charge in [-0.25, -0.2) is 9.78 Å². The van der Waals surface area contributed by atoms with Crippen LogP contribution in [-0.4, -0.2) is 20.5 Å². The van der Waals surface area contributed by atoms with Crippen LogP contribution in [0.1, 0.15) is 35.5 Å². The Labute approximate surface area is 257 Å². The molecule has 0 radical (unpaired) electrons. The van der Waals surface area contributed by atoms with Gasteiger partial charge in [0.1, 0.15) is 5.82 Å². The zero-order chi connectivity index (χ0) is 32.5. The molecule has 13 heteroatoms. The predicted molar refractivity (Wildman–Crippen MR) is 158 cm³/mol. The summed E-state index contributed by atoms with van der Waals surface area (Å²) >= 11 is 6.48. The molecular weight excluding hydrogens is 622 g/mol. The lowest BCUT2D eigenvalue weighted by molar-refractivity contribution is -0.143. The molecule has 1 atom stereocenters.